The van der Waals surface area contributed by atoms with E-state index in [2.05, 4.69) is 27.3 Å². The molecule has 20 heavy (non-hydrogen) atoms. The number of nitrogens with one attached hydrogen (secondary N) is 1. The number of rotatable bonds is 4. The minimum absolute atomic E-state index is 0.131. The Morgan fingerprint density at radius 1 is 1.25 bits per heavy atom. The van der Waals surface area contributed by atoms with Crippen molar-refractivity contribution in [2.45, 2.75) is 4.90 Å². The molecule has 2 aromatic rings. The van der Waals surface area contributed by atoms with E-state index in [-0.39, 0.29) is 5.91 Å². The van der Waals surface area contributed by atoms with Crippen molar-refractivity contribution in [2.24, 2.45) is 0 Å². The number of hydrogen-bond donors (Lipinski definition) is 1. The van der Waals surface area contributed by atoms with Crippen molar-refractivity contribution in [2.75, 3.05) is 11.1 Å². The molecule has 0 radical (unpaired) electrons. The molecule has 100 valence electrons. The molecule has 0 fully saturated rings. The SMILES string of the molecule is N#Cc1ccc(Br)cc1NC(=O)CSc1ccccc1. The van der Waals surface area contributed by atoms with Crippen LogP contribution in [0.25, 0.3) is 0 Å². The lowest BCUT2D eigenvalue weighted by Gasteiger charge is -2.07. The summed E-state index contributed by atoms with van der Waals surface area (Å²) >= 11 is 4.78. The van der Waals surface area contributed by atoms with E-state index < -0.39 is 0 Å². The highest BCUT2D eigenvalue weighted by Gasteiger charge is 2.08. The number of carbonyl (C=O) groups is 1. The second kappa shape index (κ2) is 7.13. The predicted octanol–water partition coefficient (Wildman–Crippen LogP) is 4.05. The summed E-state index contributed by atoms with van der Waals surface area (Å²) in [5.41, 5.74) is 0.979. The Balaban J connectivity index is 1.98. The molecule has 0 saturated heterocycles. The van der Waals surface area contributed by atoms with Gasteiger partial charge in [0.05, 0.1) is 17.0 Å². The molecular weight excluding hydrogens is 336 g/mol. The molecule has 0 aliphatic rings. The van der Waals surface area contributed by atoms with E-state index in [0.717, 1.165) is 9.37 Å². The van der Waals surface area contributed by atoms with Crippen molar-refractivity contribution < 1.29 is 4.79 Å². The van der Waals surface area contributed by atoms with Gasteiger partial charge in [-0.05, 0) is 30.3 Å². The molecule has 2 rings (SSSR count). The summed E-state index contributed by atoms with van der Waals surface area (Å²) < 4.78 is 0.822. The lowest BCUT2D eigenvalue weighted by Crippen LogP contribution is -2.14. The van der Waals surface area contributed by atoms with Crippen molar-refractivity contribution in [3.63, 3.8) is 0 Å². The summed E-state index contributed by atoms with van der Waals surface area (Å²) in [7, 11) is 0. The Kier molecular flexibility index (Phi) is 5.22. The number of anilines is 1. The van der Waals surface area contributed by atoms with Crippen LogP contribution in [0.3, 0.4) is 0 Å². The zero-order chi connectivity index (χ0) is 14.4. The van der Waals surface area contributed by atoms with Gasteiger partial charge in [0.2, 0.25) is 5.91 Å². The van der Waals surface area contributed by atoms with Crippen LogP contribution < -0.4 is 5.32 Å². The van der Waals surface area contributed by atoms with Gasteiger partial charge in [0.25, 0.3) is 0 Å². The predicted molar refractivity (Wildman–Crippen MR) is 84.7 cm³/mol. The first-order chi connectivity index (χ1) is 9.69. The monoisotopic (exact) mass is 346 g/mol. The molecular formula is C15H11BrN2OS. The first kappa shape index (κ1) is 14.6. The third-order valence-electron chi connectivity index (χ3n) is 2.49. The quantitative estimate of drug-likeness (QED) is 0.849. The molecule has 2 aromatic carbocycles. The van der Waals surface area contributed by atoms with Crippen LogP contribution >= 0.6 is 27.7 Å². The lowest BCUT2D eigenvalue weighted by molar-refractivity contribution is -0.113. The highest BCUT2D eigenvalue weighted by molar-refractivity contribution is 9.10. The highest BCUT2D eigenvalue weighted by atomic mass is 79.9. The van der Waals surface area contributed by atoms with E-state index in [1.807, 2.05) is 30.3 Å². The average molecular weight is 347 g/mol. The van der Waals surface area contributed by atoms with Crippen molar-refractivity contribution >= 4 is 39.3 Å². The topological polar surface area (TPSA) is 52.9 Å². The van der Waals surface area contributed by atoms with Gasteiger partial charge in [-0.3, -0.25) is 4.79 Å². The number of halogens is 1. The van der Waals surface area contributed by atoms with Crippen LogP contribution in [0.4, 0.5) is 5.69 Å². The zero-order valence-electron chi connectivity index (χ0n) is 10.5. The molecule has 0 aliphatic carbocycles. The molecule has 0 unspecified atom stereocenters. The number of nitrogens with zero attached hydrogens (tertiary/aromatic N) is 1. The third-order valence-corrected chi connectivity index (χ3v) is 3.99. The Morgan fingerprint density at radius 2 is 2.00 bits per heavy atom. The lowest BCUT2D eigenvalue weighted by atomic mass is 10.2. The van der Waals surface area contributed by atoms with Gasteiger partial charge in [0.15, 0.2) is 0 Å². The van der Waals surface area contributed by atoms with E-state index in [4.69, 9.17) is 5.26 Å². The van der Waals surface area contributed by atoms with Gasteiger partial charge in [-0.2, -0.15) is 5.26 Å². The maximum Gasteiger partial charge on any atom is 0.234 e. The summed E-state index contributed by atoms with van der Waals surface area (Å²) in [5, 5.41) is 11.8. The van der Waals surface area contributed by atoms with Crippen molar-refractivity contribution in [3.05, 3.63) is 58.6 Å². The molecule has 0 saturated carbocycles. The second-order valence-electron chi connectivity index (χ2n) is 3.95. The van der Waals surface area contributed by atoms with Crippen molar-refractivity contribution in [1.82, 2.24) is 0 Å². The summed E-state index contributed by atoms with van der Waals surface area (Å²) in [6.45, 7) is 0. The summed E-state index contributed by atoms with van der Waals surface area (Å²) in [6.07, 6.45) is 0. The average Bonchev–Trinajstić information content (AvgIpc) is 2.46. The van der Waals surface area contributed by atoms with Crippen LogP contribution in [0.2, 0.25) is 0 Å². The number of thioether (sulfide) groups is 1. The molecule has 0 atom stereocenters. The second-order valence-corrected chi connectivity index (χ2v) is 5.92. The van der Waals surface area contributed by atoms with Crippen molar-refractivity contribution in [1.29, 1.82) is 5.26 Å². The van der Waals surface area contributed by atoms with Gasteiger partial charge in [-0.15, -0.1) is 11.8 Å². The fraction of sp³-hybridized carbons (Fsp3) is 0.0667. The molecule has 3 nitrogen and oxygen atoms in total. The number of hydrogen-bond acceptors (Lipinski definition) is 3. The zero-order valence-corrected chi connectivity index (χ0v) is 12.9. The maximum atomic E-state index is 11.9. The van der Waals surface area contributed by atoms with Gasteiger partial charge < -0.3 is 5.32 Å². The van der Waals surface area contributed by atoms with Crippen molar-refractivity contribution in [3.8, 4) is 6.07 Å². The van der Waals surface area contributed by atoms with Crippen LogP contribution in [0, 0.1) is 11.3 Å². The molecule has 0 aliphatic heterocycles. The first-order valence-corrected chi connectivity index (χ1v) is 7.64. The van der Waals surface area contributed by atoms with E-state index in [9.17, 15) is 4.79 Å². The molecule has 5 heteroatoms. The normalized spacial score (nSPS) is 9.80. The standard InChI is InChI=1S/C15H11BrN2OS/c16-12-7-6-11(9-17)14(8-12)18-15(19)10-20-13-4-2-1-3-5-13/h1-8H,10H2,(H,18,19). The van der Waals surface area contributed by atoms with Gasteiger partial charge in [0, 0.05) is 9.37 Å². The van der Waals surface area contributed by atoms with E-state index in [1.54, 1.807) is 18.2 Å². The van der Waals surface area contributed by atoms with Crippen LogP contribution in [-0.2, 0) is 4.79 Å². The van der Waals surface area contributed by atoms with Crippen LogP contribution in [0.5, 0.6) is 0 Å². The Morgan fingerprint density at radius 3 is 2.70 bits per heavy atom. The summed E-state index contributed by atoms with van der Waals surface area (Å²) in [4.78, 5) is 12.9. The van der Waals surface area contributed by atoms with E-state index in [1.165, 1.54) is 11.8 Å². The molecule has 0 aromatic heterocycles. The van der Waals surface area contributed by atoms with Gasteiger partial charge in [0.1, 0.15) is 6.07 Å². The summed E-state index contributed by atoms with van der Waals surface area (Å²) in [5.74, 6) is 0.176. The van der Waals surface area contributed by atoms with Crippen LogP contribution in [-0.4, -0.2) is 11.7 Å². The maximum absolute atomic E-state index is 11.9. The number of amides is 1. The third kappa shape index (κ3) is 4.12. The van der Waals surface area contributed by atoms with Crippen LogP contribution in [0.1, 0.15) is 5.56 Å². The highest BCUT2D eigenvalue weighted by Crippen LogP contribution is 2.22. The van der Waals surface area contributed by atoms with Crippen LogP contribution in [0.15, 0.2) is 57.9 Å². The molecule has 1 N–H and O–H groups in total. The fourth-order valence-corrected chi connectivity index (χ4v) is 2.65. The van der Waals surface area contributed by atoms with Gasteiger partial charge >= 0.3 is 0 Å². The largest absolute Gasteiger partial charge is 0.324 e. The minimum atomic E-state index is -0.131. The van der Waals surface area contributed by atoms with Gasteiger partial charge in [-0.25, -0.2) is 0 Å². The van der Waals surface area contributed by atoms with E-state index in [0.29, 0.717) is 17.0 Å². The number of carbonyl (C=O) groups excluding carboxylic acids is 1. The molecule has 0 heterocycles. The van der Waals surface area contributed by atoms with Gasteiger partial charge in [-0.1, -0.05) is 34.1 Å². The Hall–Kier alpha value is -1.77. The van der Waals surface area contributed by atoms with E-state index >= 15 is 0 Å². The summed E-state index contributed by atoms with van der Waals surface area (Å²) in [6, 6.07) is 16.9. The molecule has 0 spiro atoms. The fourth-order valence-electron chi connectivity index (χ4n) is 1.57. The Labute approximate surface area is 130 Å². The number of nitriles is 1. The first-order valence-electron chi connectivity index (χ1n) is 5.86. The smallest absolute Gasteiger partial charge is 0.234 e. The minimum Gasteiger partial charge on any atom is -0.324 e. The Bertz CT molecular complexity index is 653. The molecule has 0 bridgehead atoms. The number of benzene rings is 2. The molecule has 1 amide bonds.